The number of rotatable bonds is 5. The molecule has 110 valence electrons. The molecule has 1 aliphatic rings. The summed E-state index contributed by atoms with van der Waals surface area (Å²) in [4.78, 5) is 10.9. The van der Waals surface area contributed by atoms with E-state index in [0.717, 1.165) is 18.8 Å². The van der Waals surface area contributed by atoms with Gasteiger partial charge in [0.25, 0.3) is 0 Å². The molecule has 0 heterocycles. The number of carboxylic acid groups (broad SMARTS) is 1. The lowest BCUT2D eigenvalue weighted by atomic mass is 9.85. The number of carboxylic acids is 1. The van der Waals surface area contributed by atoms with Crippen LogP contribution in [0.1, 0.15) is 54.9 Å². The summed E-state index contributed by atoms with van der Waals surface area (Å²) in [5.41, 5.74) is 0.420. The maximum atomic E-state index is 13.3. The monoisotopic (exact) mass is 280 g/mol. The van der Waals surface area contributed by atoms with Gasteiger partial charge in [0, 0.05) is 0 Å². The van der Waals surface area contributed by atoms with Crippen LogP contribution in [0.3, 0.4) is 0 Å². The first-order valence-electron chi connectivity index (χ1n) is 7.23. The molecule has 2 atom stereocenters. The van der Waals surface area contributed by atoms with Gasteiger partial charge < -0.3 is 9.84 Å². The van der Waals surface area contributed by atoms with E-state index in [2.05, 4.69) is 6.92 Å². The summed E-state index contributed by atoms with van der Waals surface area (Å²) >= 11 is 0. The Bertz CT molecular complexity index is 473. The van der Waals surface area contributed by atoms with Crippen LogP contribution in [0, 0.1) is 11.7 Å². The van der Waals surface area contributed by atoms with Crippen molar-refractivity contribution in [1.29, 1.82) is 0 Å². The van der Waals surface area contributed by atoms with Crippen LogP contribution >= 0.6 is 0 Å². The number of aromatic carboxylic acids is 1. The quantitative estimate of drug-likeness (QED) is 0.886. The summed E-state index contributed by atoms with van der Waals surface area (Å²) in [5, 5.41) is 8.89. The zero-order valence-corrected chi connectivity index (χ0v) is 11.8. The van der Waals surface area contributed by atoms with E-state index in [1.807, 2.05) is 0 Å². The lowest BCUT2D eigenvalue weighted by Crippen LogP contribution is -2.22. The van der Waals surface area contributed by atoms with E-state index in [9.17, 15) is 9.18 Å². The van der Waals surface area contributed by atoms with E-state index in [1.54, 1.807) is 6.07 Å². The van der Waals surface area contributed by atoms with Crippen LogP contribution in [0.15, 0.2) is 18.2 Å². The van der Waals surface area contributed by atoms with Crippen molar-refractivity contribution in [3.63, 3.8) is 0 Å². The van der Waals surface area contributed by atoms with Crippen LogP contribution in [0.5, 0.6) is 0 Å². The van der Waals surface area contributed by atoms with E-state index in [1.165, 1.54) is 31.4 Å². The van der Waals surface area contributed by atoms with Crippen molar-refractivity contribution in [3.8, 4) is 0 Å². The fourth-order valence-corrected chi connectivity index (χ4v) is 2.80. The second-order valence-electron chi connectivity index (χ2n) is 5.49. The van der Waals surface area contributed by atoms with Crippen LogP contribution in [-0.4, -0.2) is 17.2 Å². The molecule has 1 aromatic rings. The summed E-state index contributed by atoms with van der Waals surface area (Å²) in [6.07, 6.45) is 6.02. The Hall–Kier alpha value is -1.42. The van der Waals surface area contributed by atoms with Gasteiger partial charge in [0.05, 0.1) is 18.3 Å². The molecule has 20 heavy (non-hydrogen) atoms. The Morgan fingerprint density at radius 2 is 2.25 bits per heavy atom. The smallest absolute Gasteiger partial charge is 0.338 e. The highest BCUT2D eigenvalue weighted by Crippen LogP contribution is 2.29. The average molecular weight is 280 g/mol. The molecule has 1 aromatic carbocycles. The number of hydrogen-bond acceptors (Lipinski definition) is 2. The maximum Gasteiger partial charge on any atom is 0.338 e. The normalized spacial score (nSPS) is 22.7. The largest absolute Gasteiger partial charge is 0.478 e. The molecule has 4 heteroatoms. The van der Waals surface area contributed by atoms with Crippen LogP contribution in [0.4, 0.5) is 4.39 Å². The third kappa shape index (κ3) is 3.79. The molecule has 3 nitrogen and oxygen atoms in total. The molecule has 1 N–H and O–H groups in total. The zero-order chi connectivity index (χ0) is 14.5. The lowest BCUT2D eigenvalue weighted by molar-refractivity contribution is 0.00173. The van der Waals surface area contributed by atoms with Crippen molar-refractivity contribution in [2.75, 3.05) is 0 Å². The summed E-state index contributed by atoms with van der Waals surface area (Å²) in [6, 6.07) is 4.14. The minimum Gasteiger partial charge on any atom is -0.478 e. The second-order valence-corrected chi connectivity index (χ2v) is 5.49. The first-order chi connectivity index (χ1) is 9.60. The van der Waals surface area contributed by atoms with Crippen LogP contribution in [-0.2, 0) is 11.3 Å². The highest BCUT2D eigenvalue weighted by Gasteiger charge is 2.21. The van der Waals surface area contributed by atoms with Gasteiger partial charge in [-0.2, -0.15) is 0 Å². The minimum absolute atomic E-state index is 0.243. The fourth-order valence-electron chi connectivity index (χ4n) is 2.80. The predicted molar refractivity (Wildman–Crippen MR) is 74.2 cm³/mol. The number of carbonyl (C=O) groups is 1. The first kappa shape index (κ1) is 15.0. The molecule has 1 aliphatic carbocycles. The Kier molecular flexibility index (Phi) is 5.12. The summed E-state index contributed by atoms with van der Waals surface area (Å²) < 4.78 is 19.2. The van der Waals surface area contributed by atoms with Crippen molar-refractivity contribution in [3.05, 3.63) is 35.1 Å². The third-order valence-corrected chi connectivity index (χ3v) is 4.06. The Balaban J connectivity index is 1.93. The molecule has 1 fully saturated rings. The third-order valence-electron chi connectivity index (χ3n) is 4.06. The Morgan fingerprint density at radius 3 is 2.95 bits per heavy atom. The van der Waals surface area contributed by atoms with Gasteiger partial charge in [0.2, 0.25) is 0 Å². The molecule has 0 spiro atoms. The van der Waals surface area contributed by atoms with E-state index in [-0.39, 0.29) is 11.7 Å². The van der Waals surface area contributed by atoms with E-state index >= 15 is 0 Å². The van der Waals surface area contributed by atoms with Gasteiger partial charge in [-0.25, -0.2) is 9.18 Å². The van der Waals surface area contributed by atoms with Crippen molar-refractivity contribution >= 4 is 5.97 Å². The van der Waals surface area contributed by atoms with Crippen molar-refractivity contribution in [1.82, 2.24) is 0 Å². The first-order valence-corrected chi connectivity index (χ1v) is 7.23. The predicted octanol–water partition coefficient (Wildman–Crippen LogP) is 4.01. The molecule has 2 rings (SSSR count). The molecule has 0 radical (unpaired) electrons. The SMILES string of the molecule is CCC1CCCC(OCc2ccc(F)c(C(=O)O)c2)C1. The van der Waals surface area contributed by atoms with Crippen molar-refractivity contribution in [2.45, 2.75) is 51.7 Å². The molecular formula is C16H21FO3. The van der Waals surface area contributed by atoms with Gasteiger partial charge >= 0.3 is 5.97 Å². The molecule has 0 bridgehead atoms. The van der Waals surface area contributed by atoms with E-state index < -0.39 is 11.8 Å². The lowest BCUT2D eigenvalue weighted by Gasteiger charge is -2.28. The maximum absolute atomic E-state index is 13.3. The van der Waals surface area contributed by atoms with Gasteiger partial charge in [-0.1, -0.05) is 32.3 Å². The molecule has 0 aliphatic heterocycles. The summed E-state index contributed by atoms with van der Waals surface area (Å²) in [5.74, 6) is -1.21. The van der Waals surface area contributed by atoms with Gasteiger partial charge in [-0.15, -0.1) is 0 Å². The molecule has 0 amide bonds. The molecule has 1 saturated carbocycles. The topological polar surface area (TPSA) is 46.5 Å². The molecular weight excluding hydrogens is 259 g/mol. The minimum atomic E-state index is -1.24. The zero-order valence-electron chi connectivity index (χ0n) is 11.8. The summed E-state index contributed by atoms with van der Waals surface area (Å²) in [6.45, 7) is 2.55. The van der Waals surface area contributed by atoms with E-state index in [0.29, 0.717) is 12.2 Å². The van der Waals surface area contributed by atoms with Gasteiger partial charge in [0.15, 0.2) is 0 Å². The standard InChI is InChI=1S/C16H21FO3/c1-2-11-4-3-5-13(8-11)20-10-12-6-7-15(17)14(9-12)16(18)19/h6-7,9,11,13H,2-5,8,10H2,1H3,(H,18,19). The highest BCUT2D eigenvalue weighted by atomic mass is 19.1. The van der Waals surface area contributed by atoms with Crippen LogP contribution in [0.25, 0.3) is 0 Å². The van der Waals surface area contributed by atoms with Crippen LogP contribution in [0.2, 0.25) is 0 Å². The number of ether oxygens (including phenoxy) is 1. The van der Waals surface area contributed by atoms with E-state index in [4.69, 9.17) is 9.84 Å². The van der Waals surface area contributed by atoms with Gasteiger partial charge in [0.1, 0.15) is 5.82 Å². The number of halogens is 1. The molecule has 2 unspecified atom stereocenters. The Labute approximate surface area is 118 Å². The molecule has 0 aromatic heterocycles. The van der Waals surface area contributed by atoms with Gasteiger partial charge in [-0.3, -0.25) is 0 Å². The van der Waals surface area contributed by atoms with Crippen LogP contribution < -0.4 is 0 Å². The van der Waals surface area contributed by atoms with Crippen molar-refractivity contribution in [2.24, 2.45) is 5.92 Å². The number of hydrogen-bond donors (Lipinski definition) is 1. The summed E-state index contributed by atoms with van der Waals surface area (Å²) in [7, 11) is 0. The van der Waals surface area contributed by atoms with Crippen molar-refractivity contribution < 1.29 is 19.0 Å². The molecule has 0 saturated heterocycles. The Morgan fingerprint density at radius 1 is 1.45 bits per heavy atom. The van der Waals surface area contributed by atoms with Gasteiger partial charge in [-0.05, 0) is 36.5 Å². The fraction of sp³-hybridized carbons (Fsp3) is 0.562. The highest BCUT2D eigenvalue weighted by molar-refractivity contribution is 5.88. The number of benzene rings is 1. The second kappa shape index (κ2) is 6.84. The average Bonchev–Trinajstić information content (AvgIpc) is 2.46.